The van der Waals surface area contributed by atoms with Crippen LogP contribution in [0.3, 0.4) is 0 Å². The third-order valence-electron chi connectivity index (χ3n) is 5.72. The summed E-state index contributed by atoms with van der Waals surface area (Å²) >= 11 is 0. The van der Waals surface area contributed by atoms with E-state index < -0.39 is 10.0 Å². The molecule has 1 fully saturated rings. The van der Waals surface area contributed by atoms with Crippen LogP contribution in [-0.2, 0) is 14.8 Å². The van der Waals surface area contributed by atoms with E-state index in [0.29, 0.717) is 24.3 Å². The van der Waals surface area contributed by atoms with E-state index in [4.69, 9.17) is 0 Å². The van der Waals surface area contributed by atoms with Gasteiger partial charge >= 0.3 is 0 Å². The molecule has 4 rings (SSSR count). The molecular weight excluding hydrogens is 358 g/mol. The van der Waals surface area contributed by atoms with Crippen molar-refractivity contribution in [1.29, 1.82) is 0 Å². The number of Topliss-reactive ketones (excluding diaryl/α,β-unsaturated/α-hetero) is 1. The van der Waals surface area contributed by atoms with Crippen LogP contribution in [0.2, 0.25) is 0 Å². The van der Waals surface area contributed by atoms with Gasteiger partial charge in [0.2, 0.25) is 10.0 Å². The van der Waals surface area contributed by atoms with Crippen LogP contribution in [0.25, 0.3) is 5.57 Å². The number of carbonyl (C=O) groups is 1. The maximum atomic E-state index is 13.3. The topological polar surface area (TPSA) is 54.5 Å². The number of benzene rings is 2. The van der Waals surface area contributed by atoms with Gasteiger partial charge in [-0.15, -0.1) is 0 Å². The zero-order valence-electron chi connectivity index (χ0n) is 15.6. The van der Waals surface area contributed by atoms with Crippen molar-refractivity contribution in [2.45, 2.75) is 37.6 Å². The Morgan fingerprint density at radius 2 is 1.70 bits per heavy atom. The van der Waals surface area contributed by atoms with Gasteiger partial charge in [0.1, 0.15) is 0 Å². The van der Waals surface area contributed by atoms with Gasteiger partial charge in [-0.3, -0.25) is 4.79 Å². The van der Waals surface area contributed by atoms with Gasteiger partial charge < -0.3 is 0 Å². The quantitative estimate of drug-likeness (QED) is 0.809. The number of ketones is 1. The molecule has 0 saturated carbocycles. The van der Waals surface area contributed by atoms with Crippen LogP contribution >= 0.6 is 0 Å². The summed E-state index contributed by atoms with van der Waals surface area (Å²) in [5, 5.41) is 0. The lowest BCUT2D eigenvalue weighted by Crippen LogP contribution is -2.38. The lowest BCUT2D eigenvalue weighted by Gasteiger charge is -2.25. The molecule has 1 saturated heterocycles. The largest absolute Gasteiger partial charge is 0.294 e. The van der Waals surface area contributed by atoms with Crippen molar-refractivity contribution in [3.05, 3.63) is 71.3 Å². The summed E-state index contributed by atoms with van der Waals surface area (Å²) < 4.78 is 28.2. The smallest absolute Gasteiger partial charge is 0.243 e. The molecule has 1 aliphatic heterocycles. The molecule has 0 aromatic heterocycles. The SMILES string of the molecule is CC[C@@H]1[C@H]2CC(=O)C(c3ccccc3)=C2CN1S(=O)(=O)c1ccc(C)cc1. The molecule has 2 aliphatic rings. The normalized spacial score (nSPS) is 23.1. The van der Waals surface area contributed by atoms with Gasteiger partial charge in [0, 0.05) is 30.5 Å². The van der Waals surface area contributed by atoms with Gasteiger partial charge in [-0.25, -0.2) is 8.42 Å². The highest BCUT2D eigenvalue weighted by molar-refractivity contribution is 7.89. The summed E-state index contributed by atoms with van der Waals surface area (Å²) in [5.41, 5.74) is 3.62. The van der Waals surface area contributed by atoms with Crippen molar-refractivity contribution in [3.8, 4) is 0 Å². The van der Waals surface area contributed by atoms with Crippen LogP contribution in [0, 0.1) is 12.8 Å². The van der Waals surface area contributed by atoms with E-state index >= 15 is 0 Å². The highest BCUT2D eigenvalue weighted by Gasteiger charge is 2.49. The Balaban J connectivity index is 1.78. The van der Waals surface area contributed by atoms with E-state index in [-0.39, 0.29) is 17.7 Å². The molecule has 0 unspecified atom stereocenters. The summed E-state index contributed by atoms with van der Waals surface area (Å²) in [5.74, 6) is 0.116. The Labute approximate surface area is 160 Å². The number of nitrogens with zero attached hydrogens (tertiary/aromatic N) is 1. The van der Waals surface area contributed by atoms with Crippen LogP contribution in [0.5, 0.6) is 0 Å². The van der Waals surface area contributed by atoms with Gasteiger partial charge in [0.05, 0.1) is 4.90 Å². The molecule has 0 bridgehead atoms. The van der Waals surface area contributed by atoms with Crippen LogP contribution in [0.4, 0.5) is 0 Å². The number of hydrogen-bond donors (Lipinski definition) is 0. The van der Waals surface area contributed by atoms with Crippen LogP contribution in [0.15, 0.2) is 65.1 Å². The molecule has 2 aromatic rings. The number of allylic oxidation sites excluding steroid dienone is 1. The molecule has 2 atom stereocenters. The fraction of sp³-hybridized carbons (Fsp3) is 0.318. The number of aryl methyl sites for hydroxylation is 1. The lowest BCUT2D eigenvalue weighted by molar-refractivity contribution is -0.113. The van der Waals surface area contributed by atoms with E-state index in [1.807, 2.05) is 56.3 Å². The second-order valence-corrected chi connectivity index (χ2v) is 9.23. The third kappa shape index (κ3) is 2.95. The molecule has 27 heavy (non-hydrogen) atoms. The van der Waals surface area contributed by atoms with Gasteiger partial charge in [-0.2, -0.15) is 4.31 Å². The standard InChI is InChI=1S/C22H23NO3S/c1-3-20-18-13-21(24)22(16-7-5-4-6-8-16)19(18)14-23(20)27(25,26)17-11-9-15(2)10-12-17/h4-12,18,20H,3,13-14H2,1-2H3/t18-,20+/m0/s1. The fourth-order valence-electron chi connectivity index (χ4n) is 4.39. The van der Waals surface area contributed by atoms with E-state index in [9.17, 15) is 13.2 Å². The van der Waals surface area contributed by atoms with Gasteiger partial charge in [0.25, 0.3) is 0 Å². The molecule has 0 amide bonds. The zero-order chi connectivity index (χ0) is 19.2. The minimum Gasteiger partial charge on any atom is -0.294 e. The molecule has 1 heterocycles. The molecule has 0 spiro atoms. The van der Waals surface area contributed by atoms with Crippen molar-refractivity contribution in [2.75, 3.05) is 6.54 Å². The molecule has 140 valence electrons. The van der Waals surface area contributed by atoms with Gasteiger partial charge in [0.15, 0.2) is 5.78 Å². The van der Waals surface area contributed by atoms with Gasteiger partial charge in [-0.05, 0) is 36.6 Å². The first-order valence-corrected chi connectivity index (χ1v) is 10.8. The Morgan fingerprint density at radius 3 is 2.33 bits per heavy atom. The average Bonchev–Trinajstić information content (AvgIpc) is 3.17. The number of hydrogen-bond acceptors (Lipinski definition) is 3. The summed E-state index contributed by atoms with van der Waals surface area (Å²) in [6.45, 7) is 4.24. The predicted molar refractivity (Wildman–Crippen MR) is 106 cm³/mol. The van der Waals surface area contributed by atoms with Gasteiger partial charge in [-0.1, -0.05) is 55.0 Å². The van der Waals surface area contributed by atoms with Crippen molar-refractivity contribution in [3.63, 3.8) is 0 Å². The van der Waals surface area contributed by atoms with Crippen LogP contribution in [0.1, 0.15) is 30.9 Å². The second kappa shape index (κ2) is 6.73. The second-order valence-electron chi connectivity index (χ2n) is 7.34. The van der Waals surface area contributed by atoms with E-state index in [1.165, 1.54) is 0 Å². The van der Waals surface area contributed by atoms with E-state index in [1.54, 1.807) is 16.4 Å². The van der Waals surface area contributed by atoms with Crippen molar-refractivity contribution >= 4 is 21.4 Å². The monoisotopic (exact) mass is 381 g/mol. The first kappa shape index (κ1) is 18.1. The summed E-state index contributed by atoms with van der Waals surface area (Å²) in [6.07, 6.45) is 1.09. The summed E-state index contributed by atoms with van der Waals surface area (Å²) in [6, 6.07) is 16.4. The highest BCUT2D eigenvalue weighted by Crippen LogP contribution is 2.46. The Morgan fingerprint density at radius 1 is 1.04 bits per heavy atom. The van der Waals surface area contributed by atoms with Crippen LogP contribution in [-0.4, -0.2) is 31.1 Å². The Hall–Kier alpha value is -2.24. The highest BCUT2D eigenvalue weighted by atomic mass is 32.2. The predicted octanol–water partition coefficient (Wildman–Crippen LogP) is 3.82. The maximum absolute atomic E-state index is 13.3. The third-order valence-corrected chi connectivity index (χ3v) is 7.61. The molecule has 2 aromatic carbocycles. The number of carbonyl (C=O) groups excluding carboxylic acids is 1. The maximum Gasteiger partial charge on any atom is 0.243 e. The minimum atomic E-state index is -3.59. The Kier molecular flexibility index (Phi) is 4.52. The fourth-order valence-corrected chi connectivity index (χ4v) is 6.10. The minimum absolute atomic E-state index is 0.0158. The average molecular weight is 381 g/mol. The molecule has 4 nitrogen and oxygen atoms in total. The summed E-state index contributed by atoms with van der Waals surface area (Å²) in [7, 11) is -3.59. The number of sulfonamides is 1. The first-order chi connectivity index (χ1) is 12.9. The molecule has 5 heteroatoms. The molecule has 1 aliphatic carbocycles. The lowest BCUT2D eigenvalue weighted by atomic mass is 9.95. The number of fused-ring (bicyclic) bond motifs is 1. The van der Waals surface area contributed by atoms with E-state index in [0.717, 1.165) is 22.3 Å². The van der Waals surface area contributed by atoms with Crippen molar-refractivity contribution in [2.24, 2.45) is 5.92 Å². The molecule has 0 N–H and O–H groups in total. The number of rotatable bonds is 4. The molecule has 0 radical (unpaired) electrons. The molecular formula is C22H23NO3S. The first-order valence-electron chi connectivity index (χ1n) is 9.33. The summed E-state index contributed by atoms with van der Waals surface area (Å²) in [4.78, 5) is 13.0. The Bertz CT molecular complexity index is 1010. The zero-order valence-corrected chi connectivity index (χ0v) is 16.4. The van der Waals surface area contributed by atoms with Crippen LogP contribution < -0.4 is 0 Å². The van der Waals surface area contributed by atoms with Crippen molar-refractivity contribution < 1.29 is 13.2 Å². The van der Waals surface area contributed by atoms with E-state index in [2.05, 4.69) is 0 Å². The van der Waals surface area contributed by atoms with Crippen molar-refractivity contribution in [1.82, 2.24) is 4.31 Å².